The van der Waals surface area contributed by atoms with Gasteiger partial charge < -0.3 is 10.2 Å². The van der Waals surface area contributed by atoms with Gasteiger partial charge in [-0.15, -0.1) is 0 Å². The number of hydrogen-bond acceptors (Lipinski definition) is 4. The molecule has 0 saturated carbocycles. The SMILES string of the molecule is CCCC(=O)Nc1ccc(N2N=C3CCN(C(=O)c4ccc(CC)cc4)CC3C2=O)cc1. The van der Waals surface area contributed by atoms with Crippen molar-refractivity contribution in [3.8, 4) is 0 Å². The number of piperidine rings is 1. The van der Waals surface area contributed by atoms with Gasteiger partial charge in [0.15, 0.2) is 0 Å². The number of aryl methyl sites for hydroxylation is 1. The molecule has 4 rings (SSSR count). The van der Waals surface area contributed by atoms with Crippen molar-refractivity contribution in [1.82, 2.24) is 4.90 Å². The molecular formula is C25H28N4O3. The monoisotopic (exact) mass is 432 g/mol. The molecule has 2 aliphatic heterocycles. The summed E-state index contributed by atoms with van der Waals surface area (Å²) in [5.74, 6) is -0.615. The number of hydrazone groups is 1. The van der Waals surface area contributed by atoms with Crippen LogP contribution in [-0.4, -0.2) is 41.4 Å². The Kier molecular flexibility index (Phi) is 6.35. The third-order valence-corrected chi connectivity index (χ3v) is 5.95. The van der Waals surface area contributed by atoms with Crippen molar-refractivity contribution >= 4 is 34.8 Å². The van der Waals surface area contributed by atoms with Gasteiger partial charge in [0.2, 0.25) is 5.91 Å². The maximum atomic E-state index is 13.1. The fourth-order valence-corrected chi connectivity index (χ4v) is 4.08. The average Bonchev–Trinajstić information content (AvgIpc) is 3.15. The van der Waals surface area contributed by atoms with Crippen molar-refractivity contribution in [2.24, 2.45) is 11.0 Å². The minimum Gasteiger partial charge on any atom is -0.337 e. The van der Waals surface area contributed by atoms with Gasteiger partial charge in [-0.1, -0.05) is 26.0 Å². The summed E-state index contributed by atoms with van der Waals surface area (Å²) in [7, 11) is 0. The van der Waals surface area contributed by atoms with Crippen LogP contribution in [0.1, 0.15) is 49.0 Å². The Balaban J connectivity index is 1.42. The molecule has 1 atom stereocenters. The zero-order valence-corrected chi connectivity index (χ0v) is 18.5. The van der Waals surface area contributed by atoms with E-state index in [0.29, 0.717) is 42.9 Å². The summed E-state index contributed by atoms with van der Waals surface area (Å²) < 4.78 is 0. The lowest BCUT2D eigenvalue weighted by Gasteiger charge is -2.30. The van der Waals surface area contributed by atoms with Gasteiger partial charge in [0.1, 0.15) is 0 Å². The van der Waals surface area contributed by atoms with Crippen molar-refractivity contribution in [2.45, 2.75) is 39.5 Å². The first-order valence-corrected chi connectivity index (χ1v) is 11.2. The summed E-state index contributed by atoms with van der Waals surface area (Å²) in [5.41, 5.74) is 3.99. The molecule has 7 nitrogen and oxygen atoms in total. The molecule has 32 heavy (non-hydrogen) atoms. The molecule has 2 aliphatic rings. The minimum absolute atomic E-state index is 0.0298. The predicted molar refractivity (Wildman–Crippen MR) is 125 cm³/mol. The van der Waals surface area contributed by atoms with Crippen LogP contribution in [0.25, 0.3) is 0 Å². The van der Waals surface area contributed by atoms with Crippen LogP contribution in [0.4, 0.5) is 11.4 Å². The van der Waals surface area contributed by atoms with Crippen molar-refractivity contribution in [3.63, 3.8) is 0 Å². The van der Waals surface area contributed by atoms with Gasteiger partial charge in [-0.25, -0.2) is 5.01 Å². The van der Waals surface area contributed by atoms with Gasteiger partial charge in [0.05, 0.1) is 17.3 Å². The topological polar surface area (TPSA) is 82.1 Å². The number of likely N-dealkylation sites (tertiary alicyclic amines) is 1. The Morgan fingerprint density at radius 1 is 1.06 bits per heavy atom. The van der Waals surface area contributed by atoms with E-state index in [4.69, 9.17) is 0 Å². The minimum atomic E-state index is -0.411. The highest BCUT2D eigenvalue weighted by Gasteiger charge is 2.41. The maximum absolute atomic E-state index is 13.1. The van der Waals surface area contributed by atoms with E-state index in [0.717, 1.165) is 18.6 Å². The number of nitrogens with zero attached hydrogens (tertiary/aromatic N) is 3. The van der Waals surface area contributed by atoms with Crippen LogP contribution in [0.2, 0.25) is 0 Å². The highest BCUT2D eigenvalue weighted by Crippen LogP contribution is 2.29. The van der Waals surface area contributed by atoms with Crippen LogP contribution in [0, 0.1) is 5.92 Å². The molecule has 0 bridgehead atoms. The smallest absolute Gasteiger partial charge is 0.258 e. The molecule has 0 radical (unpaired) electrons. The van der Waals surface area contributed by atoms with E-state index in [2.05, 4.69) is 17.3 Å². The Labute approximate surface area is 188 Å². The molecule has 1 unspecified atom stereocenters. The number of rotatable bonds is 6. The first kappa shape index (κ1) is 21.7. The number of amides is 3. The van der Waals surface area contributed by atoms with E-state index >= 15 is 0 Å². The third kappa shape index (κ3) is 4.42. The zero-order valence-electron chi connectivity index (χ0n) is 18.5. The van der Waals surface area contributed by atoms with Gasteiger partial charge >= 0.3 is 0 Å². The molecule has 166 valence electrons. The molecule has 1 fully saturated rings. The van der Waals surface area contributed by atoms with Crippen molar-refractivity contribution < 1.29 is 14.4 Å². The van der Waals surface area contributed by atoms with Gasteiger partial charge in [-0.2, -0.15) is 5.10 Å². The van der Waals surface area contributed by atoms with Crippen LogP contribution in [0.3, 0.4) is 0 Å². The fraction of sp³-hybridized carbons (Fsp3) is 0.360. The second-order valence-electron chi connectivity index (χ2n) is 8.19. The number of carbonyl (C=O) groups excluding carboxylic acids is 3. The Morgan fingerprint density at radius 2 is 1.78 bits per heavy atom. The van der Waals surface area contributed by atoms with E-state index in [1.165, 1.54) is 10.6 Å². The largest absolute Gasteiger partial charge is 0.337 e. The lowest BCUT2D eigenvalue weighted by atomic mass is 9.95. The van der Waals surface area contributed by atoms with E-state index < -0.39 is 5.92 Å². The first-order chi connectivity index (χ1) is 15.5. The Bertz CT molecular complexity index is 1040. The molecule has 1 N–H and O–H groups in total. The molecule has 1 saturated heterocycles. The van der Waals surface area contributed by atoms with E-state index in [-0.39, 0.29) is 17.7 Å². The van der Waals surface area contributed by atoms with Crippen molar-refractivity contribution in [2.75, 3.05) is 23.4 Å². The number of fused-ring (bicyclic) bond motifs is 1. The molecule has 2 aromatic rings. The normalized spacial score (nSPS) is 17.8. The molecule has 0 aliphatic carbocycles. The van der Waals surface area contributed by atoms with Gasteiger partial charge in [0, 0.05) is 37.2 Å². The molecule has 0 aromatic heterocycles. The summed E-state index contributed by atoms with van der Waals surface area (Å²) in [5, 5.41) is 8.80. The van der Waals surface area contributed by atoms with Crippen molar-refractivity contribution in [3.05, 3.63) is 59.7 Å². The average molecular weight is 433 g/mol. The van der Waals surface area contributed by atoms with E-state index in [1.807, 2.05) is 31.2 Å². The Hall–Kier alpha value is -3.48. The van der Waals surface area contributed by atoms with Crippen LogP contribution in [0.5, 0.6) is 0 Å². The summed E-state index contributed by atoms with van der Waals surface area (Å²) in [4.78, 5) is 39.5. The maximum Gasteiger partial charge on any atom is 0.258 e. The van der Waals surface area contributed by atoms with Gasteiger partial charge in [-0.3, -0.25) is 14.4 Å². The lowest BCUT2D eigenvalue weighted by molar-refractivity contribution is -0.120. The van der Waals surface area contributed by atoms with Crippen LogP contribution >= 0.6 is 0 Å². The Morgan fingerprint density at radius 3 is 2.44 bits per heavy atom. The summed E-state index contributed by atoms with van der Waals surface area (Å²) in [6.45, 7) is 4.92. The highest BCUT2D eigenvalue weighted by atomic mass is 16.2. The second kappa shape index (κ2) is 9.34. The lowest BCUT2D eigenvalue weighted by Crippen LogP contribution is -2.46. The number of benzene rings is 2. The molecule has 7 heteroatoms. The summed E-state index contributed by atoms with van der Waals surface area (Å²) in [6.07, 6.45) is 2.77. The summed E-state index contributed by atoms with van der Waals surface area (Å²) >= 11 is 0. The van der Waals surface area contributed by atoms with Gasteiger partial charge in [-0.05, 0) is 54.8 Å². The third-order valence-electron chi connectivity index (χ3n) is 5.95. The van der Waals surface area contributed by atoms with Crippen LogP contribution in [-0.2, 0) is 16.0 Å². The van der Waals surface area contributed by atoms with Crippen molar-refractivity contribution in [1.29, 1.82) is 0 Å². The van der Waals surface area contributed by atoms with Gasteiger partial charge in [0.25, 0.3) is 11.8 Å². The van der Waals surface area contributed by atoms with Crippen LogP contribution in [0.15, 0.2) is 53.6 Å². The van der Waals surface area contributed by atoms with Crippen LogP contribution < -0.4 is 10.3 Å². The fourth-order valence-electron chi connectivity index (χ4n) is 4.08. The molecule has 2 heterocycles. The number of anilines is 2. The predicted octanol–water partition coefficient (Wildman–Crippen LogP) is 3.85. The zero-order chi connectivity index (χ0) is 22.7. The van der Waals surface area contributed by atoms with E-state index in [1.54, 1.807) is 29.2 Å². The molecule has 3 amide bonds. The number of hydrogen-bond donors (Lipinski definition) is 1. The van der Waals surface area contributed by atoms with E-state index in [9.17, 15) is 14.4 Å². The molecule has 2 aromatic carbocycles. The summed E-state index contributed by atoms with van der Waals surface area (Å²) in [6, 6.07) is 14.8. The quantitative estimate of drug-likeness (QED) is 0.753. The number of carbonyl (C=O) groups is 3. The molecular weight excluding hydrogens is 404 g/mol. The second-order valence-corrected chi connectivity index (χ2v) is 8.19. The highest BCUT2D eigenvalue weighted by molar-refractivity contribution is 6.16. The number of nitrogens with one attached hydrogen (secondary N) is 1. The molecule has 0 spiro atoms. The standard InChI is InChI=1S/C25H28N4O3/c1-3-5-23(30)26-19-10-12-20(13-11-19)29-25(32)21-16-28(15-14-22(21)27-29)24(31)18-8-6-17(4-2)7-9-18/h6-13,21H,3-5,14-16H2,1-2H3,(H,26,30). The first-order valence-electron chi connectivity index (χ1n) is 11.2.